The molecule has 0 heterocycles. The number of hydrogen-bond donors (Lipinski definition) is 2. The van der Waals surface area contributed by atoms with E-state index in [2.05, 4.69) is 22.2 Å². The normalized spacial score (nSPS) is 16.2. The SMILES string of the molecule is CCN(CC1CCC1)C(=Nc1ccccc1)NN. The van der Waals surface area contributed by atoms with Crippen molar-refractivity contribution in [2.24, 2.45) is 16.8 Å². The summed E-state index contributed by atoms with van der Waals surface area (Å²) in [4.78, 5) is 6.79. The number of rotatable bonds is 4. The molecular formula is C14H22N4. The van der Waals surface area contributed by atoms with Gasteiger partial charge in [0, 0.05) is 13.1 Å². The summed E-state index contributed by atoms with van der Waals surface area (Å²) in [7, 11) is 0. The molecule has 0 aromatic heterocycles. The van der Waals surface area contributed by atoms with E-state index in [1.165, 1.54) is 19.3 Å². The summed E-state index contributed by atoms with van der Waals surface area (Å²) in [5.74, 6) is 7.17. The van der Waals surface area contributed by atoms with Crippen molar-refractivity contribution in [2.45, 2.75) is 26.2 Å². The summed E-state index contributed by atoms with van der Waals surface area (Å²) in [5, 5.41) is 0. The fourth-order valence-electron chi connectivity index (χ4n) is 2.17. The Balaban J connectivity index is 2.07. The molecule has 2 rings (SSSR count). The Bertz CT molecular complexity index is 384. The third kappa shape index (κ3) is 3.23. The van der Waals surface area contributed by atoms with Crippen LogP contribution in [0.5, 0.6) is 0 Å². The van der Waals surface area contributed by atoms with E-state index >= 15 is 0 Å². The lowest BCUT2D eigenvalue weighted by Crippen LogP contribution is -2.47. The summed E-state index contributed by atoms with van der Waals surface area (Å²) < 4.78 is 0. The molecule has 0 saturated heterocycles. The lowest BCUT2D eigenvalue weighted by Gasteiger charge is -2.33. The van der Waals surface area contributed by atoms with Gasteiger partial charge in [-0.15, -0.1) is 0 Å². The molecule has 0 amide bonds. The van der Waals surface area contributed by atoms with Crippen LogP contribution in [0.2, 0.25) is 0 Å². The molecule has 1 saturated carbocycles. The Morgan fingerprint density at radius 2 is 2.11 bits per heavy atom. The molecule has 1 aromatic carbocycles. The maximum atomic E-state index is 5.61. The highest BCUT2D eigenvalue weighted by atomic mass is 15.4. The zero-order valence-corrected chi connectivity index (χ0v) is 11.0. The third-order valence-electron chi connectivity index (χ3n) is 3.50. The molecule has 98 valence electrons. The molecule has 1 fully saturated rings. The fraction of sp³-hybridized carbons (Fsp3) is 0.500. The predicted octanol–water partition coefficient (Wildman–Crippen LogP) is 2.26. The Labute approximate surface area is 109 Å². The van der Waals surface area contributed by atoms with Crippen LogP contribution in [0, 0.1) is 5.92 Å². The Morgan fingerprint density at radius 3 is 2.61 bits per heavy atom. The van der Waals surface area contributed by atoms with Gasteiger partial charge in [0.25, 0.3) is 0 Å². The Morgan fingerprint density at radius 1 is 1.39 bits per heavy atom. The van der Waals surface area contributed by atoms with Gasteiger partial charge in [-0.3, -0.25) is 5.43 Å². The average Bonchev–Trinajstić information content (AvgIpc) is 2.37. The van der Waals surface area contributed by atoms with Gasteiger partial charge in [-0.05, 0) is 37.8 Å². The molecule has 0 spiro atoms. The van der Waals surface area contributed by atoms with Crippen molar-refractivity contribution in [1.82, 2.24) is 10.3 Å². The van der Waals surface area contributed by atoms with Crippen LogP contribution < -0.4 is 11.3 Å². The smallest absolute Gasteiger partial charge is 0.213 e. The number of guanidine groups is 1. The van der Waals surface area contributed by atoms with Crippen LogP contribution in [0.15, 0.2) is 35.3 Å². The van der Waals surface area contributed by atoms with Gasteiger partial charge in [-0.1, -0.05) is 24.6 Å². The third-order valence-corrected chi connectivity index (χ3v) is 3.50. The van der Waals surface area contributed by atoms with E-state index < -0.39 is 0 Å². The lowest BCUT2D eigenvalue weighted by atomic mass is 9.85. The lowest BCUT2D eigenvalue weighted by molar-refractivity contribution is 0.241. The summed E-state index contributed by atoms with van der Waals surface area (Å²) in [6, 6.07) is 9.91. The quantitative estimate of drug-likeness (QED) is 0.371. The highest BCUT2D eigenvalue weighted by Gasteiger charge is 2.21. The first-order valence-electron chi connectivity index (χ1n) is 6.68. The van der Waals surface area contributed by atoms with Crippen molar-refractivity contribution in [3.63, 3.8) is 0 Å². The predicted molar refractivity (Wildman–Crippen MR) is 75.4 cm³/mol. The van der Waals surface area contributed by atoms with Gasteiger partial charge >= 0.3 is 0 Å². The molecule has 1 aromatic rings. The molecule has 0 unspecified atom stereocenters. The van der Waals surface area contributed by atoms with Gasteiger partial charge in [0.15, 0.2) is 0 Å². The van der Waals surface area contributed by atoms with E-state index in [0.717, 1.165) is 30.7 Å². The van der Waals surface area contributed by atoms with E-state index in [-0.39, 0.29) is 0 Å². The molecule has 1 aliphatic carbocycles. The van der Waals surface area contributed by atoms with Crippen molar-refractivity contribution >= 4 is 11.6 Å². The van der Waals surface area contributed by atoms with Gasteiger partial charge in [-0.2, -0.15) is 0 Å². The number of nitrogens with two attached hydrogens (primary N) is 1. The van der Waals surface area contributed by atoms with Crippen LogP contribution in [-0.4, -0.2) is 23.9 Å². The van der Waals surface area contributed by atoms with Crippen LogP contribution in [0.4, 0.5) is 5.69 Å². The number of hydrogen-bond acceptors (Lipinski definition) is 2. The van der Waals surface area contributed by atoms with Crippen LogP contribution in [-0.2, 0) is 0 Å². The van der Waals surface area contributed by atoms with Gasteiger partial charge in [0.2, 0.25) is 5.96 Å². The molecule has 4 nitrogen and oxygen atoms in total. The van der Waals surface area contributed by atoms with E-state index in [1.807, 2.05) is 30.3 Å². The minimum absolute atomic E-state index is 0.760. The van der Waals surface area contributed by atoms with Crippen molar-refractivity contribution < 1.29 is 0 Å². The van der Waals surface area contributed by atoms with E-state index in [4.69, 9.17) is 5.84 Å². The first kappa shape index (κ1) is 12.9. The van der Waals surface area contributed by atoms with Gasteiger partial charge in [0.05, 0.1) is 5.69 Å². The Hall–Kier alpha value is -1.55. The van der Waals surface area contributed by atoms with Crippen LogP contribution >= 0.6 is 0 Å². The Kier molecular flexibility index (Phi) is 4.59. The van der Waals surface area contributed by atoms with Gasteiger partial charge in [-0.25, -0.2) is 10.8 Å². The maximum absolute atomic E-state index is 5.61. The minimum Gasteiger partial charge on any atom is -0.342 e. The first-order chi connectivity index (χ1) is 8.83. The topological polar surface area (TPSA) is 53.6 Å². The van der Waals surface area contributed by atoms with Gasteiger partial charge < -0.3 is 4.90 Å². The number of para-hydroxylation sites is 1. The van der Waals surface area contributed by atoms with Crippen molar-refractivity contribution in [1.29, 1.82) is 0 Å². The number of nitrogens with zero attached hydrogens (tertiary/aromatic N) is 2. The van der Waals surface area contributed by atoms with E-state index in [9.17, 15) is 0 Å². The van der Waals surface area contributed by atoms with E-state index in [1.54, 1.807) is 0 Å². The summed E-state index contributed by atoms with van der Waals surface area (Å²) >= 11 is 0. The molecule has 1 aliphatic rings. The molecule has 0 bridgehead atoms. The largest absolute Gasteiger partial charge is 0.342 e. The zero-order chi connectivity index (χ0) is 12.8. The highest BCUT2D eigenvalue weighted by Crippen LogP contribution is 2.27. The molecule has 4 heteroatoms. The fourth-order valence-corrected chi connectivity index (χ4v) is 2.17. The monoisotopic (exact) mass is 246 g/mol. The summed E-state index contributed by atoms with van der Waals surface area (Å²) in [5.41, 5.74) is 3.66. The molecule has 3 N–H and O–H groups in total. The minimum atomic E-state index is 0.760. The zero-order valence-electron chi connectivity index (χ0n) is 11.0. The van der Waals surface area contributed by atoms with E-state index in [0.29, 0.717) is 0 Å². The van der Waals surface area contributed by atoms with Crippen molar-refractivity contribution in [3.05, 3.63) is 30.3 Å². The second-order valence-electron chi connectivity index (χ2n) is 4.75. The average molecular weight is 246 g/mol. The number of nitrogens with one attached hydrogen (secondary N) is 1. The molecular weight excluding hydrogens is 224 g/mol. The molecule has 18 heavy (non-hydrogen) atoms. The van der Waals surface area contributed by atoms with Crippen molar-refractivity contribution in [2.75, 3.05) is 13.1 Å². The van der Waals surface area contributed by atoms with Crippen LogP contribution in [0.3, 0.4) is 0 Å². The molecule has 0 atom stereocenters. The van der Waals surface area contributed by atoms with Crippen LogP contribution in [0.25, 0.3) is 0 Å². The first-order valence-corrected chi connectivity index (χ1v) is 6.68. The maximum Gasteiger partial charge on any atom is 0.213 e. The van der Waals surface area contributed by atoms with Crippen molar-refractivity contribution in [3.8, 4) is 0 Å². The highest BCUT2D eigenvalue weighted by molar-refractivity contribution is 5.82. The van der Waals surface area contributed by atoms with Crippen LogP contribution in [0.1, 0.15) is 26.2 Å². The molecule has 0 aliphatic heterocycles. The summed E-state index contributed by atoms with van der Waals surface area (Å²) in [6.07, 6.45) is 4.03. The standard InChI is InChI=1S/C14H22N4/c1-2-18(11-12-7-6-8-12)14(17-15)16-13-9-4-3-5-10-13/h3-5,9-10,12H,2,6-8,11,15H2,1H3,(H,16,17). The molecule has 0 radical (unpaired) electrons. The summed E-state index contributed by atoms with van der Waals surface area (Å²) in [6.45, 7) is 4.11. The number of benzene rings is 1. The second kappa shape index (κ2) is 6.40. The van der Waals surface area contributed by atoms with Gasteiger partial charge in [0.1, 0.15) is 0 Å². The number of hydrazine groups is 1. The second-order valence-corrected chi connectivity index (χ2v) is 4.75. The number of aliphatic imine (C=N–C) groups is 1.